The molecule has 0 fully saturated rings. The van der Waals surface area contributed by atoms with E-state index in [0.29, 0.717) is 11.1 Å². The Kier molecular flexibility index (Phi) is 5.46. The van der Waals surface area contributed by atoms with Crippen LogP contribution in [0.3, 0.4) is 0 Å². The molecule has 0 aliphatic heterocycles. The van der Waals surface area contributed by atoms with Crippen molar-refractivity contribution in [3.8, 4) is 5.75 Å². The van der Waals surface area contributed by atoms with Crippen LogP contribution in [0.15, 0.2) is 36.4 Å². The van der Waals surface area contributed by atoms with Crippen molar-refractivity contribution in [1.29, 1.82) is 0 Å². The Balaban J connectivity index is 2.19. The van der Waals surface area contributed by atoms with Crippen molar-refractivity contribution in [3.63, 3.8) is 0 Å². The Labute approximate surface area is 150 Å². The lowest BCUT2D eigenvalue weighted by Crippen LogP contribution is -2.13. The van der Waals surface area contributed by atoms with Crippen LogP contribution in [0.5, 0.6) is 5.75 Å². The molecule has 0 atom stereocenters. The number of carbonyl (C=O) groups excluding carboxylic acids is 2. The molecule has 0 saturated carbocycles. The van der Waals surface area contributed by atoms with Gasteiger partial charge >= 0.3 is 0 Å². The molecule has 0 heterocycles. The number of ether oxygens (including phenoxy) is 1. The average Bonchev–Trinajstić information content (AvgIpc) is 2.53. The smallest absolute Gasteiger partial charge is 0.171 e. The predicted molar refractivity (Wildman–Crippen MR) is 101 cm³/mol. The van der Waals surface area contributed by atoms with Gasteiger partial charge in [0.2, 0.25) is 0 Å². The van der Waals surface area contributed by atoms with Gasteiger partial charge in [-0.05, 0) is 48.1 Å². The summed E-state index contributed by atoms with van der Waals surface area (Å²) in [6.45, 7) is 10.1. The SMILES string of the molecule is COc1cc(C)c(C(=O)CC(=O)c2ccc(C(C)(C)C)cc2)c(C)c1. The fourth-order valence-electron chi connectivity index (χ4n) is 2.97. The molecule has 0 aromatic heterocycles. The Morgan fingerprint density at radius 3 is 1.88 bits per heavy atom. The summed E-state index contributed by atoms with van der Waals surface area (Å²) in [5, 5.41) is 0. The molecule has 2 aromatic rings. The summed E-state index contributed by atoms with van der Waals surface area (Å²) in [5.41, 5.74) is 4.05. The van der Waals surface area contributed by atoms with E-state index in [2.05, 4.69) is 20.8 Å². The van der Waals surface area contributed by atoms with Gasteiger partial charge in [-0.25, -0.2) is 0 Å². The zero-order valence-corrected chi connectivity index (χ0v) is 15.9. The first kappa shape index (κ1) is 18.9. The number of hydrogen-bond donors (Lipinski definition) is 0. The molecule has 25 heavy (non-hydrogen) atoms. The number of benzene rings is 2. The van der Waals surface area contributed by atoms with Gasteiger partial charge in [0.05, 0.1) is 13.5 Å². The standard InChI is InChI=1S/C22H26O3/c1-14-11-18(25-6)12-15(2)21(14)20(24)13-19(23)16-7-9-17(10-8-16)22(3,4)5/h7-12H,13H2,1-6H3. The van der Waals surface area contributed by atoms with E-state index in [1.807, 2.05) is 50.2 Å². The maximum Gasteiger partial charge on any atom is 0.171 e. The first-order chi connectivity index (χ1) is 11.6. The van der Waals surface area contributed by atoms with Crippen LogP contribution in [0.2, 0.25) is 0 Å². The van der Waals surface area contributed by atoms with Crippen LogP contribution < -0.4 is 4.74 Å². The lowest BCUT2D eigenvalue weighted by atomic mass is 9.86. The molecule has 0 unspecified atom stereocenters. The third kappa shape index (κ3) is 4.36. The number of rotatable bonds is 5. The van der Waals surface area contributed by atoms with Crippen LogP contribution in [-0.4, -0.2) is 18.7 Å². The highest BCUT2D eigenvalue weighted by Gasteiger charge is 2.19. The zero-order valence-electron chi connectivity index (χ0n) is 15.9. The summed E-state index contributed by atoms with van der Waals surface area (Å²) >= 11 is 0. The van der Waals surface area contributed by atoms with Gasteiger partial charge in [-0.15, -0.1) is 0 Å². The van der Waals surface area contributed by atoms with E-state index in [-0.39, 0.29) is 23.4 Å². The van der Waals surface area contributed by atoms with E-state index in [1.165, 1.54) is 0 Å². The van der Waals surface area contributed by atoms with Gasteiger partial charge in [-0.3, -0.25) is 9.59 Å². The van der Waals surface area contributed by atoms with Crippen LogP contribution in [-0.2, 0) is 5.41 Å². The average molecular weight is 338 g/mol. The topological polar surface area (TPSA) is 43.4 Å². The van der Waals surface area contributed by atoms with Crippen LogP contribution in [0.1, 0.15) is 64.6 Å². The molecule has 0 radical (unpaired) electrons. The fourth-order valence-corrected chi connectivity index (χ4v) is 2.97. The Bertz CT molecular complexity index is 770. The molecule has 0 amide bonds. The van der Waals surface area contributed by atoms with E-state index >= 15 is 0 Å². The summed E-state index contributed by atoms with van der Waals surface area (Å²) in [6.07, 6.45) is -0.122. The van der Waals surface area contributed by atoms with Crippen molar-refractivity contribution in [1.82, 2.24) is 0 Å². The van der Waals surface area contributed by atoms with Crippen LogP contribution in [0.4, 0.5) is 0 Å². The molecule has 3 heteroatoms. The largest absolute Gasteiger partial charge is 0.497 e. The summed E-state index contributed by atoms with van der Waals surface area (Å²) in [6, 6.07) is 11.2. The number of ketones is 2. The Morgan fingerprint density at radius 2 is 1.44 bits per heavy atom. The second kappa shape index (κ2) is 7.22. The number of hydrogen-bond acceptors (Lipinski definition) is 3. The minimum Gasteiger partial charge on any atom is -0.497 e. The monoisotopic (exact) mass is 338 g/mol. The van der Waals surface area contributed by atoms with E-state index in [0.717, 1.165) is 22.4 Å². The summed E-state index contributed by atoms with van der Waals surface area (Å²) in [5.74, 6) is 0.415. The summed E-state index contributed by atoms with van der Waals surface area (Å²) in [4.78, 5) is 25.1. The second-order valence-corrected chi connectivity index (χ2v) is 7.49. The quantitative estimate of drug-likeness (QED) is 0.565. The lowest BCUT2D eigenvalue weighted by molar-refractivity contribution is 0.0893. The second-order valence-electron chi connectivity index (χ2n) is 7.49. The summed E-state index contributed by atoms with van der Waals surface area (Å²) in [7, 11) is 1.60. The molecule has 0 aliphatic rings. The van der Waals surface area contributed by atoms with Crippen molar-refractivity contribution in [2.45, 2.75) is 46.5 Å². The molecular weight excluding hydrogens is 312 g/mol. The third-order valence-electron chi connectivity index (χ3n) is 4.41. The van der Waals surface area contributed by atoms with Crippen molar-refractivity contribution in [2.24, 2.45) is 0 Å². The normalized spacial score (nSPS) is 11.3. The van der Waals surface area contributed by atoms with Gasteiger partial charge in [0.25, 0.3) is 0 Å². The molecule has 3 nitrogen and oxygen atoms in total. The zero-order chi connectivity index (χ0) is 18.8. The molecule has 2 aromatic carbocycles. The molecule has 0 aliphatic carbocycles. The fraction of sp³-hybridized carbons (Fsp3) is 0.364. The van der Waals surface area contributed by atoms with Gasteiger partial charge in [0, 0.05) is 11.1 Å². The molecule has 0 saturated heterocycles. The molecule has 0 bridgehead atoms. The lowest BCUT2D eigenvalue weighted by Gasteiger charge is -2.19. The van der Waals surface area contributed by atoms with Gasteiger partial charge in [-0.2, -0.15) is 0 Å². The van der Waals surface area contributed by atoms with Crippen molar-refractivity contribution >= 4 is 11.6 Å². The molecule has 0 spiro atoms. The third-order valence-corrected chi connectivity index (χ3v) is 4.41. The Morgan fingerprint density at radius 1 is 0.920 bits per heavy atom. The summed E-state index contributed by atoms with van der Waals surface area (Å²) < 4.78 is 5.22. The highest BCUT2D eigenvalue weighted by molar-refractivity contribution is 6.14. The van der Waals surface area contributed by atoms with E-state index in [1.54, 1.807) is 7.11 Å². The van der Waals surface area contributed by atoms with Crippen LogP contribution >= 0.6 is 0 Å². The van der Waals surface area contributed by atoms with Crippen LogP contribution in [0, 0.1) is 13.8 Å². The highest BCUT2D eigenvalue weighted by atomic mass is 16.5. The van der Waals surface area contributed by atoms with Crippen molar-refractivity contribution in [2.75, 3.05) is 7.11 Å². The highest BCUT2D eigenvalue weighted by Crippen LogP contribution is 2.25. The predicted octanol–water partition coefficient (Wildman–Crippen LogP) is 5.07. The van der Waals surface area contributed by atoms with E-state index < -0.39 is 0 Å². The van der Waals surface area contributed by atoms with Crippen molar-refractivity contribution < 1.29 is 14.3 Å². The van der Waals surface area contributed by atoms with E-state index in [4.69, 9.17) is 4.74 Å². The number of carbonyl (C=O) groups is 2. The van der Waals surface area contributed by atoms with Gasteiger partial charge < -0.3 is 4.74 Å². The first-order valence-corrected chi connectivity index (χ1v) is 8.45. The number of aryl methyl sites for hydroxylation is 2. The molecule has 0 N–H and O–H groups in total. The minimum absolute atomic E-state index is 0.0364. The molecule has 2 rings (SSSR count). The van der Waals surface area contributed by atoms with E-state index in [9.17, 15) is 9.59 Å². The van der Waals surface area contributed by atoms with Crippen molar-refractivity contribution in [3.05, 3.63) is 64.2 Å². The van der Waals surface area contributed by atoms with Gasteiger partial charge in [0.1, 0.15) is 5.75 Å². The number of Topliss-reactive ketones (excluding diaryl/α,β-unsaturated/α-hetero) is 2. The minimum atomic E-state index is -0.153. The van der Waals surface area contributed by atoms with Gasteiger partial charge in [-0.1, -0.05) is 45.0 Å². The Hall–Kier alpha value is -2.42. The van der Waals surface area contributed by atoms with Crippen LogP contribution in [0.25, 0.3) is 0 Å². The van der Waals surface area contributed by atoms with Gasteiger partial charge in [0.15, 0.2) is 11.6 Å². The molecule has 132 valence electrons. The maximum absolute atomic E-state index is 12.6. The molecular formula is C22H26O3. The first-order valence-electron chi connectivity index (χ1n) is 8.45. The number of methoxy groups -OCH3 is 1. The maximum atomic E-state index is 12.6.